The Morgan fingerprint density at radius 1 is 1.05 bits per heavy atom. The summed E-state index contributed by atoms with van der Waals surface area (Å²) in [4.78, 5) is 69.8. The number of hydrogen-bond donors (Lipinski definition) is 3. The van der Waals surface area contributed by atoms with Gasteiger partial charge in [0.1, 0.15) is 45.9 Å². The van der Waals surface area contributed by atoms with E-state index in [-0.39, 0.29) is 56.3 Å². The number of carbonyl (C=O) groups is 4. The number of aromatic nitrogens is 2. The third-order valence-electron chi connectivity index (χ3n) is 12.8. The highest BCUT2D eigenvalue weighted by Crippen LogP contribution is 2.46. The first kappa shape index (κ1) is 44.8. The number of allylic oxidation sites excluding steroid dienone is 1. The van der Waals surface area contributed by atoms with Crippen molar-refractivity contribution in [3.63, 3.8) is 0 Å². The van der Waals surface area contributed by atoms with Crippen molar-refractivity contribution >= 4 is 65.9 Å². The Hall–Kier alpha value is -4.82. The van der Waals surface area contributed by atoms with E-state index in [0.717, 1.165) is 17.7 Å². The average Bonchev–Trinajstić information content (AvgIpc) is 4.12. The summed E-state index contributed by atoms with van der Waals surface area (Å²) < 4.78 is 65.0. The number of rotatable bonds is 9. The van der Waals surface area contributed by atoms with Gasteiger partial charge in [-0.2, -0.15) is 0 Å². The Morgan fingerprint density at radius 3 is 2.51 bits per heavy atom. The lowest BCUT2D eigenvalue weighted by Crippen LogP contribution is -2.59. The summed E-state index contributed by atoms with van der Waals surface area (Å²) in [6.45, 7) is 5.93. The number of methoxy groups -OCH3 is 1. The predicted octanol–water partition coefficient (Wildman–Crippen LogP) is 3.96. The van der Waals surface area contributed by atoms with Crippen LogP contribution < -0.4 is 24.8 Å². The SMILES string of the molecule is COc1ccc2c(O[C@@H]3C[C@H]4C(=O)N[C@]5(C(=O)NS(=O)(=O)C6CC6)C[C@H]5C=CCCCCC[C@H](NC(=O)N5CCS(=O)(=O)CC5)C(=O)N4C3)cc(-c3nc(C(C)C)cs3)nc2c1C. The number of nitrogens with one attached hydrogen (secondary N) is 3. The van der Waals surface area contributed by atoms with Gasteiger partial charge in [0, 0.05) is 47.8 Å². The summed E-state index contributed by atoms with van der Waals surface area (Å²) in [6.07, 6.45) is 7.06. The van der Waals surface area contributed by atoms with Crippen LogP contribution in [0.4, 0.5) is 4.79 Å². The summed E-state index contributed by atoms with van der Waals surface area (Å²) in [7, 11) is -5.64. The highest BCUT2D eigenvalue weighted by Gasteiger charge is 2.62. The summed E-state index contributed by atoms with van der Waals surface area (Å²) >= 11 is 1.46. The van der Waals surface area contributed by atoms with E-state index < -0.39 is 78.5 Å². The molecule has 2 aromatic heterocycles. The first-order chi connectivity index (χ1) is 30.0. The third-order valence-corrected chi connectivity index (χ3v) is 17.1. The highest BCUT2D eigenvalue weighted by atomic mass is 32.2. The van der Waals surface area contributed by atoms with Crippen LogP contribution in [0.1, 0.15) is 88.8 Å². The number of pyridine rings is 1. The van der Waals surface area contributed by atoms with Crippen LogP contribution in [-0.4, -0.2) is 128 Å². The van der Waals surface area contributed by atoms with Crippen LogP contribution in [0.5, 0.6) is 11.5 Å². The molecule has 3 aliphatic heterocycles. The van der Waals surface area contributed by atoms with Crippen LogP contribution >= 0.6 is 11.3 Å². The van der Waals surface area contributed by atoms with Gasteiger partial charge >= 0.3 is 6.03 Å². The maximum absolute atomic E-state index is 14.9. The van der Waals surface area contributed by atoms with Gasteiger partial charge in [-0.3, -0.25) is 19.1 Å². The Balaban J connectivity index is 1.14. The molecule has 5 amide bonds. The molecule has 340 valence electrons. The second kappa shape index (κ2) is 17.6. The summed E-state index contributed by atoms with van der Waals surface area (Å²) in [6, 6.07) is 2.65. The van der Waals surface area contributed by atoms with Gasteiger partial charge in [-0.25, -0.2) is 31.6 Å². The van der Waals surface area contributed by atoms with Gasteiger partial charge in [0.25, 0.3) is 5.91 Å². The van der Waals surface area contributed by atoms with E-state index in [2.05, 4.69) is 29.2 Å². The summed E-state index contributed by atoms with van der Waals surface area (Å²) in [5, 5.41) is 8.47. The lowest BCUT2D eigenvalue weighted by atomic mass is 10.0. The zero-order valence-electron chi connectivity index (χ0n) is 35.9. The van der Waals surface area contributed by atoms with Crippen molar-refractivity contribution in [2.45, 2.75) is 113 Å². The molecule has 17 nitrogen and oxygen atoms in total. The molecular weight excluding hydrogens is 871 g/mol. The molecule has 20 heteroatoms. The zero-order chi connectivity index (χ0) is 44.8. The van der Waals surface area contributed by atoms with Crippen molar-refractivity contribution in [3.8, 4) is 22.2 Å². The van der Waals surface area contributed by atoms with E-state index >= 15 is 0 Å². The smallest absolute Gasteiger partial charge is 0.318 e. The molecular formula is C43H55N7O10S3. The average molecular weight is 926 g/mol. The Kier molecular flexibility index (Phi) is 12.5. The number of fused-ring (bicyclic) bond motifs is 3. The van der Waals surface area contributed by atoms with E-state index in [1.165, 1.54) is 21.1 Å². The van der Waals surface area contributed by atoms with Crippen molar-refractivity contribution in [2.24, 2.45) is 5.92 Å². The first-order valence-corrected chi connectivity index (χ1v) is 25.9. The standard InChI is InChI=1S/C43H55N7O10S3/c1-25(2)33-24-61-39(45-33)32-21-36(30-14-15-35(59-4)26(3)37(30)44-32)60-28-20-34-38(51)47-43(41(53)48-63(57,58)29-12-13-29)22-27(43)10-8-6-5-7-9-11-31(40(52)50(34)23-28)46-42(54)49-16-18-62(55,56)19-17-49/h8,10,14-15,21,24-25,27-29,31,34H,5-7,9,11-13,16-20,22-23H2,1-4H3,(H,46,54)(H,47,51)(H,48,53)/t27-,28-,31+,34+,43-/m1/s1. The number of urea groups is 1. The first-order valence-electron chi connectivity index (χ1n) is 21.7. The molecule has 1 aromatic carbocycles. The Labute approximate surface area is 371 Å². The van der Waals surface area contributed by atoms with E-state index in [4.69, 9.17) is 19.4 Å². The predicted molar refractivity (Wildman–Crippen MR) is 237 cm³/mol. The molecule has 0 spiro atoms. The molecule has 0 unspecified atom stereocenters. The minimum atomic E-state index is -3.94. The molecule has 3 aromatic rings. The van der Waals surface area contributed by atoms with Crippen molar-refractivity contribution < 1.29 is 45.5 Å². The fourth-order valence-electron chi connectivity index (χ4n) is 8.66. The van der Waals surface area contributed by atoms with E-state index in [1.54, 1.807) is 13.2 Å². The van der Waals surface area contributed by atoms with Crippen LogP contribution in [0, 0.1) is 12.8 Å². The molecule has 63 heavy (non-hydrogen) atoms. The van der Waals surface area contributed by atoms with Gasteiger partial charge in [0.15, 0.2) is 9.84 Å². The topological polar surface area (TPSA) is 223 Å². The van der Waals surface area contributed by atoms with Crippen LogP contribution in [-0.2, 0) is 34.2 Å². The summed E-state index contributed by atoms with van der Waals surface area (Å²) in [5.74, 6) is -1.57. The number of sulfonamides is 1. The Bertz CT molecular complexity index is 2550. The maximum atomic E-state index is 14.9. The molecule has 5 aliphatic rings. The maximum Gasteiger partial charge on any atom is 0.318 e. The molecule has 8 rings (SSSR count). The quantitative estimate of drug-likeness (QED) is 0.260. The molecule has 3 N–H and O–H groups in total. The number of hydrogen-bond acceptors (Lipinski definition) is 13. The number of sulfone groups is 1. The van der Waals surface area contributed by atoms with Gasteiger partial charge in [-0.1, -0.05) is 38.8 Å². The van der Waals surface area contributed by atoms with E-state index in [9.17, 15) is 36.0 Å². The number of ether oxygens (including phenoxy) is 2. The largest absolute Gasteiger partial charge is 0.496 e. The molecule has 0 radical (unpaired) electrons. The van der Waals surface area contributed by atoms with E-state index in [0.29, 0.717) is 65.2 Å². The van der Waals surface area contributed by atoms with Gasteiger partial charge < -0.3 is 29.9 Å². The van der Waals surface area contributed by atoms with Crippen LogP contribution in [0.2, 0.25) is 0 Å². The molecule has 2 saturated heterocycles. The van der Waals surface area contributed by atoms with Gasteiger partial charge in [0.05, 0.1) is 41.6 Å². The van der Waals surface area contributed by atoms with E-state index in [1.807, 2.05) is 36.6 Å². The number of benzene rings is 1. The third kappa shape index (κ3) is 9.53. The number of amides is 5. The normalized spacial score (nSPS) is 26.6. The number of aryl methyl sites for hydroxylation is 1. The Morgan fingerprint density at radius 2 is 1.81 bits per heavy atom. The minimum absolute atomic E-state index is 0.00381. The molecule has 2 aliphatic carbocycles. The van der Waals surface area contributed by atoms with Gasteiger partial charge in [-0.15, -0.1) is 11.3 Å². The minimum Gasteiger partial charge on any atom is -0.496 e. The van der Waals surface area contributed by atoms with Crippen LogP contribution in [0.25, 0.3) is 21.6 Å². The fraction of sp³-hybridized carbons (Fsp3) is 0.581. The second-order valence-electron chi connectivity index (χ2n) is 17.7. The lowest BCUT2D eigenvalue weighted by Gasteiger charge is -2.32. The number of thiazole rings is 1. The zero-order valence-corrected chi connectivity index (χ0v) is 38.4. The number of carbonyl (C=O) groups excluding carboxylic acids is 4. The number of nitrogens with zero attached hydrogens (tertiary/aromatic N) is 4. The second-order valence-corrected chi connectivity index (χ2v) is 22.8. The van der Waals surface area contributed by atoms with Gasteiger partial charge in [-0.05, 0) is 63.5 Å². The van der Waals surface area contributed by atoms with Crippen molar-refractivity contribution in [3.05, 3.63) is 47.0 Å². The summed E-state index contributed by atoms with van der Waals surface area (Å²) in [5.41, 5.74) is 1.34. The molecule has 2 saturated carbocycles. The van der Waals surface area contributed by atoms with Crippen molar-refractivity contribution in [1.82, 2.24) is 35.1 Å². The molecule has 5 heterocycles. The molecule has 0 bridgehead atoms. The van der Waals surface area contributed by atoms with Crippen molar-refractivity contribution in [2.75, 3.05) is 38.2 Å². The lowest BCUT2D eigenvalue weighted by molar-refractivity contribution is -0.141. The highest BCUT2D eigenvalue weighted by molar-refractivity contribution is 7.91. The molecule has 4 fully saturated rings. The van der Waals surface area contributed by atoms with Crippen LogP contribution in [0.3, 0.4) is 0 Å². The van der Waals surface area contributed by atoms with Crippen LogP contribution in [0.15, 0.2) is 35.7 Å². The molecule has 5 atom stereocenters. The van der Waals surface area contributed by atoms with Crippen molar-refractivity contribution in [1.29, 1.82) is 0 Å². The fourth-order valence-corrected chi connectivity index (χ4v) is 12.2. The van der Waals surface area contributed by atoms with Gasteiger partial charge in [0.2, 0.25) is 21.8 Å². The monoisotopic (exact) mass is 925 g/mol.